The molecule has 0 spiro atoms. The van der Waals surface area contributed by atoms with Crippen molar-refractivity contribution >= 4 is 29.5 Å². The van der Waals surface area contributed by atoms with Gasteiger partial charge in [0.05, 0.1) is 12.6 Å². The van der Waals surface area contributed by atoms with Gasteiger partial charge in [-0.05, 0) is 44.2 Å². The van der Waals surface area contributed by atoms with E-state index in [1.54, 1.807) is 27.6 Å². The Labute approximate surface area is 187 Å². The van der Waals surface area contributed by atoms with Gasteiger partial charge in [-0.1, -0.05) is 32.0 Å². The molecule has 4 rings (SSSR count). The minimum absolute atomic E-state index is 0.0704. The molecule has 8 heteroatoms. The van der Waals surface area contributed by atoms with E-state index >= 15 is 0 Å². The molecule has 0 aliphatic carbocycles. The standard InChI is InChI=1S/C23H31N3O4S/c1-13(2)17(21(30)25-11-7-8-14(25)12-27)24-19(28)18-23(3,4)31-22-16-10-6-5-9-15(16)20(29)26(18)22/h5-6,9-10,13-14,17-18,22,27H,7-8,11-12H2,1-4H3,(H,24,28)/t14-,17-,18-,22+/m0/s1. The maximum atomic E-state index is 13.5. The van der Waals surface area contributed by atoms with E-state index in [0.29, 0.717) is 12.1 Å². The zero-order valence-electron chi connectivity index (χ0n) is 18.5. The lowest BCUT2D eigenvalue weighted by Crippen LogP contribution is -2.59. The molecule has 168 valence electrons. The molecule has 3 aliphatic heterocycles. The molecule has 0 aromatic heterocycles. The minimum atomic E-state index is -0.695. The smallest absolute Gasteiger partial charge is 0.256 e. The van der Waals surface area contributed by atoms with E-state index < -0.39 is 16.8 Å². The molecule has 31 heavy (non-hydrogen) atoms. The van der Waals surface area contributed by atoms with Crippen LogP contribution in [0.3, 0.4) is 0 Å². The highest BCUT2D eigenvalue weighted by atomic mass is 32.2. The van der Waals surface area contributed by atoms with Crippen molar-refractivity contribution in [2.75, 3.05) is 13.2 Å². The SMILES string of the molecule is CC(C)[C@H](NC(=O)[C@@H]1N2C(=O)c3ccccc3[C@H]2SC1(C)C)C(=O)N1CCC[C@H]1CO. The first kappa shape index (κ1) is 22.1. The van der Waals surface area contributed by atoms with Gasteiger partial charge in [-0.3, -0.25) is 14.4 Å². The highest BCUT2D eigenvalue weighted by Gasteiger charge is 2.57. The fraction of sp³-hybridized carbons (Fsp3) is 0.609. The second-order valence-corrected chi connectivity index (χ2v) is 11.3. The van der Waals surface area contributed by atoms with Crippen LogP contribution in [0.1, 0.15) is 61.8 Å². The number of rotatable bonds is 5. The summed E-state index contributed by atoms with van der Waals surface area (Å²) in [4.78, 5) is 43.3. The molecule has 1 aromatic carbocycles. The van der Waals surface area contributed by atoms with Gasteiger partial charge in [0.2, 0.25) is 11.8 Å². The molecule has 3 aliphatic rings. The van der Waals surface area contributed by atoms with Crippen molar-refractivity contribution in [2.24, 2.45) is 5.92 Å². The lowest BCUT2D eigenvalue weighted by atomic mass is 9.97. The average molecular weight is 446 g/mol. The van der Waals surface area contributed by atoms with E-state index in [4.69, 9.17) is 0 Å². The van der Waals surface area contributed by atoms with Crippen LogP contribution in [-0.2, 0) is 9.59 Å². The van der Waals surface area contributed by atoms with Gasteiger partial charge in [0.25, 0.3) is 5.91 Å². The summed E-state index contributed by atoms with van der Waals surface area (Å²) in [5.74, 6) is -0.703. The van der Waals surface area contributed by atoms with Crippen molar-refractivity contribution in [3.8, 4) is 0 Å². The largest absolute Gasteiger partial charge is 0.394 e. The summed E-state index contributed by atoms with van der Waals surface area (Å²) in [5, 5.41) is 12.4. The molecule has 0 unspecified atom stereocenters. The van der Waals surface area contributed by atoms with E-state index in [1.165, 1.54) is 0 Å². The van der Waals surface area contributed by atoms with Gasteiger partial charge in [-0.15, -0.1) is 11.8 Å². The predicted octanol–water partition coefficient (Wildman–Crippen LogP) is 2.16. The Hall–Kier alpha value is -2.06. The molecule has 4 atom stereocenters. The maximum absolute atomic E-state index is 13.5. The molecule has 7 nitrogen and oxygen atoms in total. The highest BCUT2D eigenvalue weighted by molar-refractivity contribution is 8.01. The Morgan fingerprint density at radius 2 is 2.00 bits per heavy atom. The second-order valence-electron chi connectivity index (χ2n) is 9.52. The quantitative estimate of drug-likeness (QED) is 0.725. The van der Waals surface area contributed by atoms with Crippen LogP contribution in [-0.4, -0.2) is 68.7 Å². The zero-order chi connectivity index (χ0) is 22.5. The molecule has 2 saturated heterocycles. The monoisotopic (exact) mass is 445 g/mol. The van der Waals surface area contributed by atoms with Gasteiger partial charge in [-0.25, -0.2) is 0 Å². The van der Waals surface area contributed by atoms with Crippen LogP contribution < -0.4 is 5.32 Å². The van der Waals surface area contributed by atoms with Crippen LogP contribution in [0.4, 0.5) is 0 Å². The average Bonchev–Trinajstić information content (AvgIpc) is 3.38. The number of hydrogen-bond acceptors (Lipinski definition) is 5. The normalized spacial score (nSPS) is 27.4. The molecule has 0 bridgehead atoms. The van der Waals surface area contributed by atoms with E-state index in [0.717, 1.165) is 18.4 Å². The number of carbonyl (C=O) groups excluding carboxylic acids is 3. The fourth-order valence-corrected chi connectivity index (χ4v) is 6.63. The lowest BCUT2D eigenvalue weighted by molar-refractivity contribution is -0.140. The molecule has 2 N–H and O–H groups in total. The number of benzene rings is 1. The summed E-state index contributed by atoms with van der Waals surface area (Å²) in [6.45, 7) is 8.28. The van der Waals surface area contributed by atoms with Crippen LogP contribution in [0, 0.1) is 5.92 Å². The number of hydrogen-bond donors (Lipinski definition) is 2. The van der Waals surface area contributed by atoms with Crippen molar-refractivity contribution < 1.29 is 19.5 Å². The van der Waals surface area contributed by atoms with E-state index in [-0.39, 0.29) is 41.7 Å². The van der Waals surface area contributed by atoms with Gasteiger partial charge < -0.3 is 20.2 Å². The summed E-state index contributed by atoms with van der Waals surface area (Å²) in [6.07, 6.45) is 1.62. The topological polar surface area (TPSA) is 90.0 Å². The highest BCUT2D eigenvalue weighted by Crippen LogP contribution is 2.56. The molecule has 0 saturated carbocycles. The summed E-state index contributed by atoms with van der Waals surface area (Å²) >= 11 is 1.61. The molecule has 3 amide bonds. The number of aliphatic hydroxyl groups excluding tert-OH is 1. The number of carbonyl (C=O) groups is 3. The van der Waals surface area contributed by atoms with Crippen LogP contribution >= 0.6 is 11.8 Å². The third kappa shape index (κ3) is 3.63. The van der Waals surface area contributed by atoms with Gasteiger partial charge in [0.1, 0.15) is 17.5 Å². The number of nitrogens with one attached hydrogen (secondary N) is 1. The van der Waals surface area contributed by atoms with Crippen LogP contribution in [0.5, 0.6) is 0 Å². The van der Waals surface area contributed by atoms with Crippen molar-refractivity contribution in [1.29, 1.82) is 0 Å². The van der Waals surface area contributed by atoms with Crippen LogP contribution in [0.25, 0.3) is 0 Å². The van der Waals surface area contributed by atoms with Crippen molar-refractivity contribution in [1.82, 2.24) is 15.1 Å². The third-order valence-electron chi connectivity index (χ3n) is 6.65. The fourth-order valence-electron chi connectivity index (χ4n) is 5.04. The van der Waals surface area contributed by atoms with Gasteiger partial charge in [0, 0.05) is 16.9 Å². The van der Waals surface area contributed by atoms with Gasteiger partial charge >= 0.3 is 0 Å². The Morgan fingerprint density at radius 3 is 2.68 bits per heavy atom. The molecule has 1 aromatic rings. The van der Waals surface area contributed by atoms with E-state index in [9.17, 15) is 19.5 Å². The van der Waals surface area contributed by atoms with Crippen molar-refractivity contribution in [3.63, 3.8) is 0 Å². The molecule has 2 fully saturated rings. The summed E-state index contributed by atoms with van der Waals surface area (Å²) in [7, 11) is 0. The van der Waals surface area contributed by atoms with Crippen molar-refractivity contribution in [2.45, 2.75) is 68.8 Å². The second kappa shape index (κ2) is 8.13. The number of amides is 3. The molecular formula is C23H31N3O4S. The Bertz CT molecular complexity index is 903. The molecular weight excluding hydrogens is 414 g/mol. The van der Waals surface area contributed by atoms with Crippen molar-refractivity contribution in [3.05, 3.63) is 35.4 Å². The van der Waals surface area contributed by atoms with Crippen LogP contribution in [0.15, 0.2) is 24.3 Å². The first-order valence-corrected chi connectivity index (χ1v) is 11.9. The zero-order valence-corrected chi connectivity index (χ0v) is 19.3. The summed E-state index contributed by atoms with van der Waals surface area (Å²) < 4.78 is -0.496. The summed E-state index contributed by atoms with van der Waals surface area (Å²) in [5.41, 5.74) is 1.59. The minimum Gasteiger partial charge on any atom is -0.394 e. The van der Waals surface area contributed by atoms with Gasteiger partial charge in [-0.2, -0.15) is 0 Å². The van der Waals surface area contributed by atoms with E-state index in [1.807, 2.05) is 45.9 Å². The summed E-state index contributed by atoms with van der Waals surface area (Å²) in [6, 6.07) is 5.94. The molecule has 0 radical (unpaired) electrons. The number of likely N-dealkylation sites (tertiary alicyclic amines) is 1. The third-order valence-corrected chi connectivity index (χ3v) is 8.18. The van der Waals surface area contributed by atoms with E-state index in [2.05, 4.69) is 5.32 Å². The Balaban J connectivity index is 1.58. The van der Waals surface area contributed by atoms with Crippen LogP contribution in [0.2, 0.25) is 0 Å². The predicted molar refractivity (Wildman–Crippen MR) is 119 cm³/mol. The number of aliphatic hydroxyl groups is 1. The molecule has 3 heterocycles. The Morgan fingerprint density at radius 1 is 1.29 bits per heavy atom. The first-order valence-electron chi connectivity index (χ1n) is 11.0. The first-order chi connectivity index (χ1) is 14.7. The van der Waals surface area contributed by atoms with Gasteiger partial charge in [0.15, 0.2) is 0 Å². The maximum Gasteiger partial charge on any atom is 0.256 e. The number of nitrogens with zero attached hydrogens (tertiary/aromatic N) is 2. The lowest BCUT2D eigenvalue weighted by Gasteiger charge is -2.34. The Kier molecular flexibility index (Phi) is 5.81. The number of fused-ring (bicyclic) bond motifs is 3. The number of thioether (sulfide) groups is 1.